The monoisotopic (exact) mass is 248 g/mol. The maximum atomic E-state index is 6.09. The normalized spacial score (nSPS) is 15.2. The number of aryl methyl sites for hydroxylation is 1. The standard InChI is InChI=1S/C12H13ClN4/c1-8-6-14-5-4-10(8)7-17-11(9-2-3-9)15-16-12(17)13/h4-6,9H,2-3,7H2,1H3. The van der Waals surface area contributed by atoms with Crippen LogP contribution in [0.3, 0.4) is 0 Å². The fourth-order valence-corrected chi connectivity index (χ4v) is 2.12. The Bertz CT molecular complexity index is 545. The molecule has 0 atom stereocenters. The van der Waals surface area contributed by atoms with Crippen LogP contribution in [0.15, 0.2) is 18.5 Å². The molecule has 0 aliphatic heterocycles. The maximum absolute atomic E-state index is 6.09. The lowest BCUT2D eigenvalue weighted by Gasteiger charge is -2.09. The SMILES string of the molecule is Cc1cnccc1Cn1c(Cl)nnc1C1CC1. The van der Waals surface area contributed by atoms with Crippen molar-refractivity contribution in [3.63, 3.8) is 0 Å². The molecule has 0 spiro atoms. The second-order valence-corrected chi connectivity index (χ2v) is 4.83. The Morgan fingerprint density at radius 1 is 1.41 bits per heavy atom. The van der Waals surface area contributed by atoms with Crippen LogP contribution in [0.25, 0.3) is 0 Å². The van der Waals surface area contributed by atoms with Gasteiger partial charge >= 0.3 is 0 Å². The van der Waals surface area contributed by atoms with E-state index in [-0.39, 0.29) is 0 Å². The fourth-order valence-electron chi connectivity index (χ4n) is 1.93. The van der Waals surface area contributed by atoms with Crippen molar-refractivity contribution in [2.75, 3.05) is 0 Å². The average molecular weight is 249 g/mol. The van der Waals surface area contributed by atoms with Gasteiger partial charge in [0.2, 0.25) is 5.28 Å². The Labute approximate surface area is 105 Å². The highest BCUT2D eigenvalue weighted by Crippen LogP contribution is 2.39. The van der Waals surface area contributed by atoms with Gasteiger partial charge in [-0.15, -0.1) is 10.2 Å². The number of hydrogen-bond acceptors (Lipinski definition) is 3. The van der Waals surface area contributed by atoms with Gasteiger partial charge in [-0.1, -0.05) is 0 Å². The van der Waals surface area contributed by atoms with Crippen LogP contribution in [-0.4, -0.2) is 19.7 Å². The Kier molecular flexibility index (Phi) is 2.59. The summed E-state index contributed by atoms with van der Waals surface area (Å²) in [6.07, 6.45) is 6.07. The summed E-state index contributed by atoms with van der Waals surface area (Å²) in [5, 5.41) is 8.61. The molecule has 5 heteroatoms. The van der Waals surface area contributed by atoms with E-state index in [1.165, 1.54) is 24.0 Å². The Balaban J connectivity index is 1.94. The number of hydrogen-bond donors (Lipinski definition) is 0. The van der Waals surface area contributed by atoms with Crippen molar-refractivity contribution in [3.05, 3.63) is 40.7 Å². The second kappa shape index (κ2) is 4.11. The molecule has 0 unspecified atom stereocenters. The molecule has 88 valence electrons. The lowest BCUT2D eigenvalue weighted by Crippen LogP contribution is -2.06. The molecule has 4 nitrogen and oxygen atoms in total. The lowest BCUT2D eigenvalue weighted by molar-refractivity contribution is 0.723. The zero-order valence-electron chi connectivity index (χ0n) is 9.60. The second-order valence-electron chi connectivity index (χ2n) is 4.49. The number of pyridine rings is 1. The molecule has 2 aromatic rings. The third kappa shape index (κ3) is 2.05. The van der Waals surface area contributed by atoms with E-state index in [2.05, 4.69) is 22.1 Å². The van der Waals surface area contributed by atoms with E-state index >= 15 is 0 Å². The minimum Gasteiger partial charge on any atom is -0.297 e. The number of halogens is 1. The molecule has 1 fully saturated rings. The molecule has 0 radical (unpaired) electrons. The van der Waals surface area contributed by atoms with Gasteiger partial charge in [-0.3, -0.25) is 9.55 Å². The van der Waals surface area contributed by atoms with E-state index in [0.717, 1.165) is 12.4 Å². The predicted molar refractivity (Wildman–Crippen MR) is 65.1 cm³/mol. The molecule has 2 aromatic heterocycles. The van der Waals surface area contributed by atoms with Crippen molar-refractivity contribution < 1.29 is 0 Å². The zero-order valence-corrected chi connectivity index (χ0v) is 10.4. The zero-order chi connectivity index (χ0) is 11.8. The first kappa shape index (κ1) is 10.7. The Morgan fingerprint density at radius 3 is 2.94 bits per heavy atom. The third-order valence-electron chi connectivity index (χ3n) is 3.14. The van der Waals surface area contributed by atoms with Crippen LogP contribution in [0.4, 0.5) is 0 Å². The Morgan fingerprint density at radius 2 is 2.24 bits per heavy atom. The van der Waals surface area contributed by atoms with Crippen molar-refractivity contribution in [2.24, 2.45) is 0 Å². The van der Waals surface area contributed by atoms with Crippen LogP contribution in [0.1, 0.15) is 35.7 Å². The first-order valence-corrected chi connectivity index (χ1v) is 6.11. The van der Waals surface area contributed by atoms with Crippen LogP contribution in [0, 0.1) is 6.92 Å². The van der Waals surface area contributed by atoms with Gasteiger partial charge in [0.15, 0.2) is 0 Å². The molecule has 0 saturated heterocycles. The molecule has 1 saturated carbocycles. The summed E-state index contributed by atoms with van der Waals surface area (Å²) in [5.74, 6) is 1.57. The summed E-state index contributed by atoms with van der Waals surface area (Å²) in [6, 6.07) is 2.02. The number of aromatic nitrogens is 4. The molecule has 2 heterocycles. The van der Waals surface area contributed by atoms with Crippen LogP contribution < -0.4 is 0 Å². The van der Waals surface area contributed by atoms with Gasteiger partial charge in [0.25, 0.3) is 0 Å². The number of rotatable bonds is 3. The first-order valence-electron chi connectivity index (χ1n) is 5.74. The molecule has 0 amide bonds. The summed E-state index contributed by atoms with van der Waals surface area (Å²) in [5.41, 5.74) is 2.38. The molecule has 1 aliphatic rings. The van der Waals surface area contributed by atoms with E-state index < -0.39 is 0 Å². The summed E-state index contributed by atoms with van der Waals surface area (Å²) in [6.45, 7) is 2.78. The highest BCUT2D eigenvalue weighted by molar-refractivity contribution is 6.28. The van der Waals surface area contributed by atoms with Crippen molar-refractivity contribution in [1.82, 2.24) is 19.7 Å². The highest BCUT2D eigenvalue weighted by Gasteiger charge is 2.30. The van der Waals surface area contributed by atoms with Crippen LogP contribution in [0.2, 0.25) is 5.28 Å². The van der Waals surface area contributed by atoms with Gasteiger partial charge < -0.3 is 0 Å². The molecule has 3 rings (SSSR count). The molecule has 17 heavy (non-hydrogen) atoms. The van der Waals surface area contributed by atoms with Crippen LogP contribution in [0.5, 0.6) is 0 Å². The molecule has 0 bridgehead atoms. The number of nitrogens with zero attached hydrogens (tertiary/aromatic N) is 4. The van der Waals surface area contributed by atoms with E-state index in [4.69, 9.17) is 11.6 Å². The van der Waals surface area contributed by atoms with Crippen molar-refractivity contribution in [2.45, 2.75) is 32.2 Å². The quantitative estimate of drug-likeness (QED) is 0.839. The van der Waals surface area contributed by atoms with Crippen molar-refractivity contribution in [1.29, 1.82) is 0 Å². The third-order valence-corrected chi connectivity index (χ3v) is 3.42. The Hall–Kier alpha value is -1.42. The van der Waals surface area contributed by atoms with E-state index in [0.29, 0.717) is 11.2 Å². The van der Waals surface area contributed by atoms with Crippen molar-refractivity contribution in [3.8, 4) is 0 Å². The van der Waals surface area contributed by atoms with Crippen LogP contribution in [-0.2, 0) is 6.54 Å². The summed E-state index contributed by atoms with van der Waals surface area (Å²) < 4.78 is 2.00. The van der Waals surface area contributed by atoms with E-state index in [9.17, 15) is 0 Å². The lowest BCUT2D eigenvalue weighted by atomic mass is 10.1. The first-order chi connectivity index (χ1) is 8.25. The topological polar surface area (TPSA) is 43.6 Å². The summed E-state index contributed by atoms with van der Waals surface area (Å²) >= 11 is 6.09. The largest absolute Gasteiger partial charge is 0.297 e. The van der Waals surface area contributed by atoms with Gasteiger partial charge in [-0.05, 0) is 48.6 Å². The summed E-state index contributed by atoms with van der Waals surface area (Å²) in [4.78, 5) is 4.09. The van der Waals surface area contributed by atoms with Gasteiger partial charge in [0.1, 0.15) is 5.82 Å². The highest BCUT2D eigenvalue weighted by atomic mass is 35.5. The minimum atomic E-state index is 0.475. The molecular weight excluding hydrogens is 236 g/mol. The van der Waals surface area contributed by atoms with E-state index in [1.54, 1.807) is 6.20 Å². The van der Waals surface area contributed by atoms with Crippen molar-refractivity contribution >= 4 is 11.6 Å². The van der Waals surface area contributed by atoms with Gasteiger partial charge in [-0.25, -0.2) is 0 Å². The minimum absolute atomic E-state index is 0.475. The fraction of sp³-hybridized carbons (Fsp3) is 0.417. The van der Waals surface area contributed by atoms with Gasteiger partial charge in [-0.2, -0.15) is 0 Å². The molecule has 0 N–H and O–H groups in total. The smallest absolute Gasteiger partial charge is 0.225 e. The maximum Gasteiger partial charge on any atom is 0.225 e. The molecule has 1 aliphatic carbocycles. The molecular formula is C12H13ClN4. The van der Waals surface area contributed by atoms with Gasteiger partial charge in [0.05, 0.1) is 6.54 Å². The average Bonchev–Trinajstić information content (AvgIpc) is 3.09. The predicted octanol–water partition coefficient (Wildman–Crippen LogP) is 2.56. The van der Waals surface area contributed by atoms with Gasteiger partial charge in [0, 0.05) is 18.3 Å². The van der Waals surface area contributed by atoms with E-state index in [1.807, 2.05) is 16.8 Å². The van der Waals surface area contributed by atoms with Crippen LogP contribution >= 0.6 is 11.6 Å². The summed E-state index contributed by atoms with van der Waals surface area (Å²) in [7, 11) is 0. The molecule has 0 aromatic carbocycles.